The van der Waals surface area contributed by atoms with Gasteiger partial charge in [-0.15, -0.1) is 0 Å². The van der Waals surface area contributed by atoms with E-state index in [9.17, 15) is 0 Å². The van der Waals surface area contributed by atoms with Crippen molar-refractivity contribution < 1.29 is 5.21 Å². The zero-order valence-corrected chi connectivity index (χ0v) is 11.0. The van der Waals surface area contributed by atoms with Crippen LogP contribution in [-0.2, 0) is 0 Å². The molecule has 0 bridgehead atoms. The second kappa shape index (κ2) is 5.03. The standard InChI is InChI=1S/C12H20N4O/c1-7(2)16(5)12-10(11(13)15-17)8(3)6-9(4)14-12/h6-7,17H,1-5H3,(H2,13,15). The van der Waals surface area contributed by atoms with Crippen molar-refractivity contribution in [3.05, 3.63) is 22.9 Å². The number of hydrogen-bond acceptors (Lipinski definition) is 4. The summed E-state index contributed by atoms with van der Waals surface area (Å²) in [6.07, 6.45) is 0. The van der Waals surface area contributed by atoms with Gasteiger partial charge in [0, 0.05) is 18.8 Å². The predicted octanol–water partition coefficient (Wildman–Crippen LogP) is 1.64. The van der Waals surface area contributed by atoms with Crippen LogP contribution in [0.1, 0.15) is 30.7 Å². The van der Waals surface area contributed by atoms with Crippen LogP contribution in [0.3, 0.4) is 0 Å². The Bertz CT molecular complexity index is 440. The number of hydrogen-bond donors (Lipinski definition) is 2. The molecule has 0 aromatic carbocycles. The minimum absolute atomic E-state index is 0.0949. The Morgan fingerprint density at radius 2 is 2.06 bits per heavy atom. The van der Waals surface area contributed by atoms with Crippen LogP contribution in [0.4, 0.5) is 5.82 Å². The fourth-order valence-corrected chi connectivity index (χ4v) is 1.68. The maximum atomic E-state index is 8.84. The van der Waals surface area contributed by atoms with Gasteiger partial charge in [-0.25, -0.2) is 4.98 Å². The Morgan fingerprint density at radius 1 is 1.47 bits per heavy atom. The summed E-state index contributed by atoms with van der Waals surface area (Å²) in [6, 6.07) is 2.21. The quantitative estimate of drug-likeness (QED) is 0.362. The maximum absolute atomic E-state index is 8.84. The fourth-order valence-electron chi connectivity index (χ4n) is 1.68. The Balaban J connectivity index is 3.46. The molecule has 0 aliphatic heterocycles. The molecule has 0 unspecified atom stereocenters. The van der Waals surface area contributed by atoms with Crippen LogP contribution < -0.4 is 10.6 Å². The molecular weight excluding hydrogens is 216 g/mol. The molecular formula is C12H20N4O. The zero-order chi connectivity index (χ0) is 13.2. The van der Waals surface area contributed by atoms with Gasteiger partial charge in [0.05, 0.1) is 5.56 Å². The summed E-state index contributed by atoms with van der Waals surface area (Å²) in [5.74, 6) is 0.838. The van der Waals surface area contributed by atoms with Crippen molar-refractivity contribution in [2.45, 2.75) is 33.7 Å². The Labute approximate surface area is 102 Å². The van der Waals surface area contributed by atoms with Crippen LogP contribution in [0.2, 0.25) is 0 Å². The summed E-state index contributed by atoms with van der Waals surface area (Å²) in [7, 11) is 1.94. The number of amidine groups is 1. The molecule has 0 fully saturated rings. The van der Waals surface area contributed by atoms with Gasteiger partial charge in [-0.2, -0.15) is 0 Å². The van der Waals surface area contributed by atoms with Gasteiger partial charge in [0.1, 0.15) is 5.82 Å². The smallest absolute Gasteiger partial charge is 0.174 e. The summed E-state index contributed by atoms with van der Waals surface area (Å²) in [5.41, 5.74) is 8.28. The molecule has 0 aliphatic carbocycles. The summed E-state index contributed by atoms with van der Waals surface area (Å²) < 4.78 is 0. The van der Waals surface area contributed by atoms with Crippen molar-refractivity contribution in [2.75, 3.05) is 11.9 Å². The molecule has 0 spiro atoms. The molecule has 17 heavy (non-hydrogen) atoms. The topological polar surface area (TPSA) is 74.7 Å². The molecule has 5 nitrogen and oxygen atoms in total. The number of anilines is 1. The lowest BCUT2D eigenvalue weighted by atomic mass is 10.1. The number of pyridine rings is 1. The Hall–Kier alpha value is -1.78. The first-order chi connectivity index (χ1) is 7.88. The van der Waals surface area contributed by atoms with E-state index in [0.29, 0.717) is 5.56 Å². The van der Waals surface area contributed by atoms with Gasteiger partial charge in [0.25, 0.3) is 0 Å². The highest BCUT2D eigenvalue weighted by molar-refractivity contribution is 6.02. The summed E-state index contributed by atoms with van der Waals surface area (Å²) >= 11 is 0. The van der Waals surface area contributed by atoms with Gasteiger partial charge in [0.2, 0.25) is 0 Å². The minimum atomic E-state index is 0.0949. The number of rotatable bonds is 3. The van der Waals surface area contributed by atoms with Gasteiger partial charge in [-0.3, -0.25) is 0 Å². The molecule has 0 radical (unpaired) electrons. The van der Waals surface area contributed by atoms with Crippen LogP contribution in [0.25, 0.3) is 0 Å². The third-order valence-electron chi connectivity index (χ3n) is 2.80. The van der Waals surface area contributed by atoms with Crippen LogP contribution in [0.5, 0.6) is 0 Å². The summed E-state index contributed by atoms with van der Waals surface area (Å²) in [5, 5.41) is 11.9. The first kappa shape index (κ1) is 13.3. The van der Waals surface area contributed by atoms with Gasteiger partial charge in [-0.05, 0) is 39.3 Å². The molecule has 3 N–H and O–H groups in total. The second-order valence-corrected chi connectivity index (χ2v) is 4.47. The SMILES string of the molecule is Cc1cc(C)c(C(N)=NO)c(N(C)C(C)C)n1. The van der Waals surface area contributed by atoms with Crippen molar-refractivity contribution in [3.8, 4) is 0 Å². The highest BCUT2D eigenvalue weighted by atomic mass is 16.4. The van der Waals surface area contributed by atoms with E-state index in [-0.39, 0.29) is 11.9 Å². The molecule has 1 aromatic rings. The average Bonchev–Trinajstić information content (AvgIpc) is 2.25. The summed E-state index contributed by atoms with van der Waals surface area (Å²) in [4.78, 5) is 6.49. The van der Waals surface area contributed by atoms with Crippen molar-refractivity contribution in [1.29, 1.82) is 0 Å². The fraction of sp³-hybridized carbons (Fsp3) is 0.500. The molecule has 0 amide bonds. The maximum Gasteiger partial charge on any atom is 0.174 e. The van der Waals surface area contributed by atoms with Crippen LogP contribution in [0.15, 0.2) is 11.2 Å². The number of aryl methyl sites for hydroxylation is 2. The first-order valence-electron chi connectivity index (χ1n) is 5.57. The second-order valence-electron chi connectivity index (χ2n) is 4.47. The molecule has 0 saturated carbocycles. The highest BCUT2D eigenvalue weighted by Crippen LogP contribution is 2.22. The molecule has 1 heterocycles. The molecule has 1 aromatic heterocycles. The number of oxime groups is 1. The van der Waals surface area contributed by atoms with Gasteiger partial charge >= 0.3 is 0 Å². The van der Waals surface area contributed by atoms with E-state index in [4.69, 9.17) is 10.9 Å². The molecule has 0 aliphatic rings. The molecule has 5 heteroatoms. The third-order valence-corrected chi connectivity index (χ3v) is 2.80. The van der Waals surface area contributed by atoms with E-state index in [1.165, 1.54) is 0 Å². The van der Waals surface area contributed by atoms with Crippen LogP contribution in [-0.4, -0.2) is 29.1 Å². The van der Waals surface area contributed by atoms with Gasteiger partial charge in [0.15, 0.2) is 5.84 Å². The number of nitrogens with two attached hydrogens (primary N) is 1. The van der Waals surface area contributed by atoms with E-state index in [1.807, 2.05) is 31.9 Å². The predicted molar refractivity (Wildman–Crippen MR) is 69.8 cm³/mol. The molecule has 0 saturated heterocycles. The van der Waals surface area contributed by atoms with Crippen molar-refractivity contribution in [1.82, 2.24) is 4.98 Å². The van der Waals surface area contributed by atoms with Gasteiger partial charge in [-0.1, -0.05) is 5.16 Å². The molecule has 94 valence electrons. The lowest BCUT2D eigenvalue weighted by Gasteiger charge is -2.26. The molecule has 1 rings (SSSR count). The average molecular weight is 236 g/mol. The third kappa shape index (κ3) is 2.67. The van der Waals surface area contributed by atoms with Crippen molar-refractivity contribution in [3.63, 3.8) is 0 Å². The molecule has 0 atom stereocenters. The lowest BCUT2D eigenvalue weighted by Crippen LogP contribution is -2.30. The monoisotopic (exact) mass is 236 g/mol. The normalized spacial score (nSPS) is 12.0. The van der Waals surface area contributed by atoms with E-state index in [2.05, 4.69) is 24.0 Å². The van der Waals surface area contributed by atoms with Crippen LogP contribution >= 0.6 is 0 Å². The van der Waals surface area contributed by atoms with Crippen molar-refractivity contribution >= 4 is 11.7 Å². The van der Waals surface area contributed by atoms with E-state index in [1.54, 1.807) is 0 Å². The zero-order valence-electron chi connectivity index (χ0n) is 11.0. The number of aromatic nitrogens is 1. The lowest BCUT2D eigenvalue weighted by molar-refractivity contribution is 0.318. The van der Waals surface area contributed by atoms with Crippen molar-refractivity contribution in [2.24, 2.45) is 10.9 Å². The summed E-state index contributed by atoms with van der Waals surface area (Å²) in [6.45, 7) is 7.99. The van der Waals surface area contributed by atoms with E-state index in [0.717, 1.165) is 17.1 Å². The Morgan fingerprint density at radius 3 is 2.53 bits per heavy atom. The number of nitrogens with zero attached hydrogens (tertiary/aromatic N) is 3. The highest BCUT2D eigenvalue weighted by Gasteiger charge is 2.17. The first-order valence-corrected chi connectivity index (χ1v) is 5.57. The Kier molecular flexibility index (Phi) is 3.93. The van der Waals surface area contributed by atoms with E-state index < -0.39 is 0 Å². The largest absolute Gasteiger partial charge is 0.409 e. The van der Waals surface area contributed by atoms with E-state index >= 15 is 0 Å². The minimum Gasteiger partial charge on any atom is -0.409 e. The van der Waals surface area contributed by atoms with Gasteiger partial charge < -0.3 is 15.8 Å². The van der Waals surface area contributed by atoms with Crippen LogP contribution in [0, 0.1) is 13.8 Å².